The number of carbonyl (C=O) groups is 2. The number of pyridine rings is 1. The lowest BCUT2D eigenvalue weighted by Gasteiger charge is -2.34. The van der Waals surface area contributed by atoms with Gasteiger partial charge in [-0.1, -0.05) is 36.6 Å². The molecule has 1 aliphatic carbocycles. The van der Waals surface area contributed by atoms with E-state index in [0.29, 0.717) is 12.2 Å². The minimum Gasteiger partial charge on any atom is -0.503 e. The van der Waals surface area contributed by atoms with Gasteiger partial charge in [0.1, 0.15) is 11.8 Å². The molecule has 1 fully saturated rings. The Hall–Kier alpha value is -2.93. The van der Waals surface area contributed by atoms with Crippen LogP contribution in [0.1, 0.15) is 72.6 Å². The van der Waals surface area contributed by atoms with Gasteiger partial charge in [-0.2, -0.15) is 0 Å². The van der Waals surface area contributed by atoms with Gasteiger partial charge >= 0.3 is 0 Å². The van der Waals surface area contributed by atoms with E-state index in [-0.39, 0.29) is 35.8 Å². The van der Waals surface area contributed by atoms with E-state index in [1.807, 2.05) is 6.92 Å². The molecular weight excluding hydrogens is 432 g/mol. The van der Waals surface area contributed by atoms with Crippen molar-refractivity contribution >= 4 is 12.2 Å². The number of methoxy groups -OCH3 is 1. The van der Waals surface area contributed by atoms with Gasteiger partial charge in [-0.15, -0.1) is 0 Å². The number of aromatic hydroxyl groups is 1. The molecule has 184 valence electrons. The van der Waals surface area contributed by atoms with Crippen molar-refractivity contribution in [2.45, 2.75) is 70.9 Å². The third-order valence-corrected chi connectivity index (χ3v) is 6.83. The van der Waals surface area contributed by atoms with Crippen LogP contribution in [0.3, 0.4) is 0 Å². The van der Waals surface area contributed by atoms with Gasteiger partial charge in [0.05, 0.1) is 19.8 Å². The maximum absolute atomic E-state index is 12.8. The highest BCUT2D eigenvalue weighted by molar-refractivity contribution is 5.97. The van der Waals surface area contributed by atoms with Gasteiger partial charge in [0.15, 0.2) is 17.2 Å². The minimum atomic E-state index is -1.29. The molecule has 0 aliphatic heterocycles. The molecule has 2 N–H and O–H groups in total. The molecule has 0 bridgehead atoms. The van der Waals surface area contributed by atoms with E-state index in [2.05, 4.69) is 42.3 Å². The fraction of sp³-hybridized carbons (Fsp3) is 0.519. The number of amides is 1. The fourth-order valence-electron chi connectivity index (χ4n) is 5.00. The SMILES string of the molecule is COc1ccnc(C(=O)N[C@@](C)(C=O)CO[C@@H](C)[C@@H](c2ccc(C)cc2C)C2CCCC2)c1O. The molecule has 3 rings (SSSR count). The van der Waals surface area contributed by atoms with Crippen LogP contribution in [0.2, 0.25) is 0 Å². The van der Waals surface area contributed by atoms with Gasteiger partial charge in [-0.05, 0) is 57.6 Å². The Morgan fingerprint density at radius 2 is 2.00 bits per heavy atom. The van der Waals surface area contributed by atoms with Gasteiger partial charge < -0.3 is 24.7 Å². The van der Waals surface area contributed by atoms with Crippen LogP contribution in [0.25, 0.3) is 0 Å². The molecule has 7 heteroatoms. The standard InChI is InChI=1S/C27H36N2O5/c1-17-10-11-21(18(2)14-17)23(20-8-6-7-9-20)19(3)34-16-27(4,15-30)29-26(32)24-25(31)22(33-5)12-13-28-24/h10-15,19-20,23,31H,6-9,16H2,1-5H3,(H,29,32)/t19-,23+,27-/m0/s1. The summed E-state index contributed by atoms with van der Waals surface area (Å²) in [5.41, 5.74) is 2.27. The van der Waals surface area contributed by atoms with Crippen molar-refractivity contribution in [3.8, 4) is 11.5 Å². The Kier molecular flexibility index (Phi) is 8.31. The minimum absolute atomic E-state index is 0.00225. The maximum atomic E-state index is 12.8. The number of nitrogens with one attached hydrogen (secondary N) is 1. The zero-order valence-corrected chi connectivity index (χ0v) is 20.8. The van der Waals surface area contributed by atoms with Crippen molar-refractivity contribution in [2.24, 2.45) is 5.92 Å². The fourth-order valence-corrected chi connectivity index (χ4v) is 5.00. The molecule has 0 saturated heterocycles. The summed E-state index contributed by atoms with van der Waals surface area (Å²) in [6.07, 6.45) is 6.64. The number of ether oxygens (including phenoxy) is 2. The lowest BCUT2D eigenvalue weighted by atomic mass is 9.79. The molecule has 2 aromatic rings. The average Bonchev–Trinajstić information content (AvgIpc) is 3.34. The van der Waals surface area contributed by atoms with Crippen molar-refractivity contribution in [3.63, 3.8) is 0 Å². The number of nitrogens with zero attached hydrogens (tertiary/aromatic N) is 1. The molecule has 1 aliphatic rings. The molecule has 7 nitrogen and oxygen atoms in total. The normalized spacial score (nSPS) is 17.6. The second-order valence-electron chi connectivity index (χ2n) is 9.65. The van der Waals surface area contributed by atoms with E-state index in [9.17, 15) is 14.7 Å². The highest BCUT2D eigenvalue weighted by atomic mass is 16.5. The Morgan fingerprint density at radius 1 is 1.29 bits per heavy atom. The number of benzene rings is 1. The number of aryl methyl sites for hydroxylation is 2. The van der Waals surface area contributed by atoms with E-state index in [4.69, 9.17) is 9.47 Å². The number of aldehydes is 1. The summed E-state index contributed by atoms with van der Waals surface area (Å²) in [7, 11) is 1.39. The summed E-state index contributed by atoms with van der Waals surface area (Å²) in [5.74, 6) is -0.193. The van der Waals surface area contributed by atoms with E-state index in [0.717, 1.165) is 12.8 Å². The predicted molar refractivity (Wildman–Crippen MR) is 130 cm³/mol. The van der Waals surface area contributed by atoms with Crippen LogP contribution in [0.4, 0.5) is 0 Å². The molecule has 1 saturated carbocycles. The molecule has 34 heavy (non-hydrogen) atoms. The lowest BCUT2D eigenvalue weighted by Crippen LogP contribution is -2.52. The van der Waals surface area contributed by atoms with Crippen molar-refractivity contribution in [2.75, 3.05) is 13.7 Å². The highest BCUT2D eigenvalue weighted by Gasteiger charge is 2.35. The van der Waals surface area contributed by atoms with Gasteiger partial charge in [-0.3, -0.25) is 4.79 Å². The number of carbonyl (C=O) groups excluding carboxylic acids is 2. The van der Waals surface area contributed by atoms with Crippen molar-refractivity contribution < 1.29 is 24.2 Å². The topological polar surface area (TPSA) is 97.8 Å². The third kappa shape index (κ3) is 5.76. The average molecular weight is 469 g/mol. The summed E-state index contributed by atoms with van der Waals surface area (Å²) in [6, 6.07) is 7.99. The second kappa shape index (κ2) is 11.0. The summed E-state index contributed by atoms with van der Waals surface area (Å²) in [6.45, 7) is 7.88. The third-order valence-electron chi connectivity index (χ3n) is 6.83. The predicted octanol–water partition coefficient (Wildman–Crippen LogP) is 4.48. The van der Waals surface area contributed by atoms with E-state index >= 15 is 0 Å². The van der Waals surface area contributed by atoms with Gasteiger partial charge in [0.25, 0.3) is 5.91 Å². The number of rotatable bonds is 10. The largest absolute Gasteiger partial charge is 0.503 e. The second-order valence-corrected chi connectivity index (χ2v) is 9.65. The van der Waals surface area contributed by atoms with E-state index in [1.54, 1.807) is 6.92 Å². The van der Waals surface area contributed by atoms with Crippen LogP contribution >= 0.6 is 0 Å². The van der Waals surface area contributed by atoms with Gasteiger partial charge in [-0.25, -0.2) is 4.98 Å². The smallest absolute Gasteiger partial charge is 0.274 e. The zero-order valence-electron chi connectivity index (χ0n) is 20.8. The van der Waals surface area contributed by atoms with Gasteiger partial charge in [0, 0.05) is 18.2 Å². The summed E-state index contributed by atoms with van der Waals surface area (Å²) < 4.78 is 11.3. The maximum Gasteiger partial charge on any atom is 0.274 e. The molecule has 0 unspecified atom stereocenters. The van der Waals surface area contributed by atoms with Crippen LogP contribution in [0.5, 0.6) is 11.5 Å². The summed E-state index contributed by atoms with van der Waals surface area (Å²) in [5, 5.41) is 12.9. The summed E-state index contributed by atoms with van der Waals surface area (Å²) >= 11 is 0. The van der Waals surface area contributed by atoms with Crippen molar-refractivity contribution in [1.82, 2.24) is 10.3 Å². The molecule has 1 amide bonds. The van der Waals surface area contributed by atoms with Crippen LogP contribution in [-0.2, 0) is 9.53 Å². The van der Waals surface area contributed by atoms with Crippen LogP contribution in [-0.4, -0.2) is 47.6 Å². The Balaban J connectivity index is 1.75. The molecule has 0 radical (unpaired) electrons. The lowest BCUT2D eigenvalue weighted by molar-refractivity contribution is -0.116. The molecule has 1 aromatic carbocycles. The van der Waals surface area contributed by atoms with Crippen molar-refractivity contribution in [3.05, 3.63) is 52.8 Å². The van der Waals surface area contributed by atoms with E-state index in [1.165, 1.54) is 48.9 Å². The monoisotopic (exact) mass is 468 g/mol. The zero-order chi connectivity index (χ0) is 24.9. The summed E-state index contributed by atoms with van der Waals surface area (Å²) in [4.78, 5) is 28.7. The molecule has 1 aromatic heterocycles. The Morgan fingerprint density at radius 3 is 2.62 bits per heavy atom. The van der Waals surface area contributed by atoms with E-state index < -0.39 is 11.4 Å². The number of hydrogen-bond donors (Lipinski definition) is 2. The van der Waals surface area contributed by atoms with Crippen LogP contribution in [0, 0.1) is 19.8 Å². The van der Waals surface area contributed by atoms with Crippen LogP contribution < -0.4 is 10.1 Å². The first-order chi connectivity index (χ1) is 16.2. The first kappa shape index (κ1) is 25.7. The van der Waals surface area contributed by atoms with Gasteiger partial charge in [0.2, 0.25) is 0 Å². The first-order valence-electron chi connectivity index (χ1n) is 11.9. The quantitative estimate of drug-likeness (QED) is 0.499. The number of hydrogen-bond acceptors (Lipinski definition) is 6. The first-order valence-corrected chi connectivity index (χ1v) is 11.9. The highest BCUT2D eigenvalue weighted by Crippen LogP contribution is 2.41. The Labute approximate surface area is 201 Å². The van der Waals surface area contributed by atoms with Crippen LogP contribution in [0.15, 0.2) is 30.5 Å². The van der Waals surface area contributed by atoms with Crippen molar-refractivity contribution in [1.29, 1.82) is 0 Å². The molecule has 0 spiro atoms. The molecule has 3 atom stereocenters. The molecule has 1 heterocycles. The number of aromatic nitrogens is 1. The molecular formula is C27H36N2O5. The Bertz CT molecular complexity index is 1020.